The van der Waals surface area contributed by atoms with Crippen LogP contribution in [0.3, 0.4) is 0 Å². The summed E-state index contributed by atoms with van der Waals surface area (Å²) in [7, 11) is 0. The van der Waals surface area contributed by atoms with Crippen LogP contribution in [-0.4, -0.2) is 30.9 Å². The molecule has 0 aliphatic carbocycles. The van der Waals surface area contributed by atoms with Gasteiger partial charge >= 0.3 is 0 Å². The van der Waals surface area contributed by atoms with E-state index in [4.69, 9.17) is 4.74 Å². The van der Waals surface area contributed by atoms with Gasteiger partial charge in [-0.1, -0.05) is 18.2 Å². The summed E-state index contributed by atoms with van der Waals surface area (Å²) in [6, 6.07) is 10.4. The molecule has 3 amide bonds. The zero-order valence-electron chi connectivity index (χ0n) is 12.7. The summed E-state index contributed by atoms with van der Waals surface area (Å²) in [5.41, 5.74) is 5.20. The fourth-order valence-electron chi connectivity index (χ4n) is 2.27. The van der Waals surface area contributed by atoms with E-state index in [0.29, 0.717) is 16.3 Å². The van der Waals surface area contributed by atoms with E-state index >= 15 is 0 Å². The molecule has 7 nitrogen and oxygen atoms in total. The highest BCUT2D eigenvalue weighted by molar-refractivity contribution is 7.12. The normalized spacial score (nSPS) is 13.5. The molecule has 2 aromatic rings. The Morgan fingerprint density at radius 2 is 2.00 bits per heavy atom. The van der Waals surface area contributed by atoms with E-state index in [0.717, 1.165) is 0 Å². The van der Waals surface area contributed by atoms with Crippen LogP contribution < -0.4 is 20.5 Å². The molecule has 1 aromatic heterocycles. The molecule has 0 radical (unpaired) electrons. The number of fused-ring (bicyclic) bond motifs is 1. The molecular weight excluding hydrogens is 330 g/mol. The summed E-state index contributed by atoms with van der Waals surface area (Å²) >= 11 is 1.27. The Bertz CT molecular complexity index is 760. The predicted molar refractivity (Wildman–Crippen MR) is 88.8 cm³/mol. The summed E-state index contributed by atoms with van der Waals surface area (Å²) in [6.45, 7) is 0.0625. The van der Waals surface area contributed by atoms with Crippen LogP contribution in [0.5, 0.6) is 5.75 Å². The third kappa shape index (κ3) is 3.54. The SMILES string of the molecule is O=C(CN1C(=O)CCOc2ccccc21)NNC(=O)c1cccs1. The van der Waals surface area contributed by atoms with E-state index in [1.54, 1.807) is 41.8 Å². The number of para-hydroxylation sites is 2. The van der Waals surface area contributed by atoms with Crippen molar-refractivity contribution in [2.45, 2.75) is 6.42 Å². The Balaban J connectivity index is 1.65. The van der Waals surface area contributed by atoms with Gasteiger partial charge in [0, 0.05) is 0 Å². The molecule has 2 N–H and O–H groups in total. The molecule has 124 valence electrons. The smallest absolute Gasteiger partial charge is 0.279 e. The minimum absolute atomic E-state index is 0.184. The van der Waals surface area contributed by atoms with Gasteiger partial charge in [0.2, 0.25) is 5.91 Å². The second kappa shape index (κ2) is 7.14. The Morgan fingerprint density at radius 1 is 1.17 bits per heavy atom. The maximum absolute atomic E-state index is 12.2. The van der Waals surface area contributed by atoms with E-state index in [1.165, 1.54) is 16.2 Å². The molecule has 0 unspecified atom stereocenters. The molecule has 0 fully saturated rings. The maximum atomic E-state index is 12.2. The summed E-state index contributed by atoms with van der Waals surface area (Å²) in [4.78, 5) is 38.0. The molecule has 1 aliphatic heterocycles. The van der Waals surface area contributed by atoms with Gasteiger partial charge in [-0.15, -0.1) is 11.3 Å². The van der Waals surface area contributed by atoms with Gasteiger partial charge in [-0.3, -0.25) is 30.1 Å². The fourth-order valence-corrected chi connectivity index (χ4v) is 2.89. The largest absolute Gasteiger partial charge is 0.491 e. The Morgan fingerprint density at radius 3 is 2.79 bits per heavy atom. The first-order chi connectivity index (χ1) is 11.6. The molecule has 8 heteroatoms. The second-order valence-electron chi connectivity index (χ2n) is 5.03. The minimum Gasteiger partial charge on any atom is -0.491 e. The number of hydrazine groups is 1. The number of thiophene rings is 1. The molecule has 0 bridgehead atoms. The number of nitrogens with one attached hydrogen (secondary N) is 2. The highest BCUT2D eigenvalue weighted by Gasteiger charge is 2.25. The summed E-state index contributed by atoms with van der Waals surface area (Å²) in [5, 5.41) is 1.77. The van der Waals surface area contributed by atoms with Crippen LogP contribution in [-0.2, 0) is 9.59 Å². The van der Waals surface area contributed by atoms with Gasteiger partial charge in [-0.2, -0.15) is 0 Å². The zero-order chi connectivity index (χ0) is 16.9. The average molecular weight is 345 g/mol. The Hall–Kier alpha value is -2.87. The number of amides is 3. The fraction of sp³-hybridized carbons (Fsp3) is 0.188. The molecule has 0 atom stereocenters. The number of hydrogen-bond acceptors (Lipinski definition) is 5. The van der Waals surface area contributed by atoms with Crippen LogP contribution >= 0.6 is 11.3 Å². The standard InChI is InChI=1S/C16H15N3O4S/c20-14(17-18-16(22)13-6-3-9-24-13)10-19-11-4-1-2-5-12(11)23-8-7-15(19)21/h1-6,9H,7-8,10H2,(H,17,20)(H,18,22). The number of rotatable bonds is 3. The maximum Gasteiger partial charge on any atom is 0.279 e. The molecule has 0 saturated heterocycles. The van der Waals surface area contributed by atoms with Gasteiger partial charge in [0.05, 0.1) is 23.6 Å². The van der Waals surface area contributed by atoms with Crippen molar-refractivity contribution in [2.75, 3.05) is 18.1 Å². The number of ether oxygens (including phenoxy) is 1. The third-order valence-corrected chi connectivity index (χ3v) is 4.26. The lowest BCUT2D eigenvalue weighted by molar-refractivity contribution is -0.124. The topological polar surface area (TPSA) is 87.7 Å². The highest BCUT2D eigenvalue weighted by atomic mass is 32.1. The van der Waals surface area contributed by atoms with Crippen molar-refractivity contribution in [3.05, 3.63) is 46.7 Å². The zero-order valence-corrected chi connectivity index (χ0v) is 13.5. The molecule has 1 aromatic carbocycles. The van der Waals surface area contributed by atoms with Crippen LogP contribution in [0.15, 0.2) is 41.8 Å². The number of anilines is 1. The number of nitrogens with zero attached hydrogens (tertiary/aromatic N) is 1. The lowest BCUT2D eigenvalue weighted by Gasteiger charge is -2.21. The van der Waals surface area contributed by atoms with E-state index in [2.05, 4.69) is 10.9 Å². The summed E-state index contributed by atoms with van der Waals surface area (Å²) in [6.07, 6.45) is 0.184. The van der Waals surface area contributed by atoms with Crippen molar-refractivity contribution in [1.82, 2.24) is 10.9 Å². The number of hydrogen-bond donors (Lipinski definition) is 2. The quantitative estimate of drug-likeness (QED) is 0.822. The van der Waals surface area contributed by atoms with Crippen molar-refractivity contribution >= 4 is 34.7 Å². The van der Waals surface area contributed by atoms with Crippen LogP contribution in [0, 0.1) is 0 Å². The first-order valence-electron chi connectivity index (χ1n) is 7.30. The van der Waals surface area contributed by atoms with E-state index in [-0.39, 0.29) is 25.5 Å². The van der Waals surface area contributed by atoms with Gasteiger partial charge in [0.15, 0.2) is 0 Å². The second-order valence-corrected chi connectivity index (χ2v) is 5.97. The summed E-state index contributed by atoms with van der Waals surface area (Å²) < 4.78 is 5.52. The van der Waals surface area contributed by atoms with Gasteiger partial charge in [-0.05, 0) is 23.6 Å². The molecule has 0 saturated carbocycles. The van der Waals surface area contributed by atoms with Crippen LogP contribution in [0.4, 0.5) is 5.69 Å². The first-order valence-corrected chi connectivity index (χ1v) is 8.18. The van der Waals surface area contributed by atoms with Gasteiger partial charge in [-0.25, -0.2) is 0 Å². The van der Waals surface area contributed by atoms with Crippen molar-refractivity contribution < 1.29 is 19.1 Å². The van der Waals surface area contributed by atoms with Crippen LogP contribution in [0.1, 0.15) is 16.1 Å². The average Bonchev–Trinajstić information content (AvgIpc) is 3.08. The number of benzene rings is 1. The van der Waals surface area contributed by atoms with Crippen molar-refractivity contribution in [3.63, 3.8) is 0 Å². The lowest BCUT2D eigenvalue weighted by Crippen LogP contribution is -2.47. The number of carbonyl (C=O) groups is 3. The van der Waals surface area contributed by atoms with E-state index in [9.17, 15) is 14.4 Å². The molecule has 24 heavy (non-hydrogen) atoms. The van der Waals surface area contributed by atoms with E-state index < -0.39 is 11.8 Å². The van der Waals surface area contributed by atoms with Crippen LogP contribution in [0.25, 0.3) is 0 Å². The molecular formula is C16H15N3O4S. The minimum atomic E-state index is -0.495. The lowest BCUT2D eigenvalue weighted by atomic mass is 10.2. The van der Waals surface area contributed by atoms with Crippen molar-refractivity contribution in [1.29, 1.82) is 0 Å². The molecule has 2 heterocycles. The van der Waals surface area contributed by atoms with Gasteiger partial charge < -0.3 is 4.74 Å². The van der Waals surface area contributed by atoms with Crippen LogP contribution in [0.2, 0.25) is 0 Å². The molecule has 0 spiro atoms. The third-order valence-electron chi connectivity index (χ3n) is 3.39. The summed E-state index contributed by atoms with van der Waals surface area (Å²) in [5.74, 6) is -0.548. The van der Waals surface area contributed by atoms with E-state index in [1.807, 2.05) is 0 Å². The van der Waals surface area contributed by atoms with Gasteiger partial charge in [0.25, 0.3) is 11.8 Å². The highest BCUT2D eigenvalue weighted by Crippen LogP contribution is 2.30. The Labute approximate surface area is 142 Å². The van der Waals surface area contributed by atoms with Crippen molar-refractivity contribution in [3.8, 4) is 5.75 Å². The number of carbonyl (C=O) groups excluding carboxylic acids is 3. The van der Waals surface area contributed by atoms with Gasteiger partial charge in [0.1, 0.15) is 12.3 Å². The predicted octanol–water partition coefficient (Wildman–Crippen LogP) is 1.32. The Kier molecular flexibility index (Phi) is 4.76. The molecule has 3 rings (SSSR count). The molecule has 1 aliphatic rings. The monoisotopic (exact) mass is 345 g/mol. The van der Waals surface area contributed by atoms with Crippen molar-refractivity contribution in [2.24, 2.45) is 0 Å². The first kappa shape index (κ1) is 16.0.